The van der Waals surface area contributed by atoms with Crippen LogP contribution in [0.4, 0.5) is 0 Å². The molecule has 0 radical (unpaired) electrons. The van der Waals surface area contributed by atoms with Gasteiger partial charge in [-0.2, -0.15) is 0 Å². The first-order valence-corrected chi connectivity index (χ1v) is 7.16. The number of carbonyl (C=O) groups excluding carboxylic acids is 1. The Hall–Kier alpha value is -2.56. The molecule has 22 heavy (non-hydrogen) atoms. The van der Waals surface area contributed by atoms with Gasteiger partial charge in [0.15, 0.2) is 0 Å². The third-order valence-corrected chi connectivity index (χ3v) is 3.51. The summed E-state index contributed by atoms with van der Waals surface area (Å²) in [4.78, 5) is 25.1. The van der Waals surface area contributed by atoms with Crippen LogP contribution in [0, 0.1) is 0 Å². The van der Waals surface area contributed by atoms with Gasteiger partial charge in [0.1, 0.15) is 11.8 Å². The molecule has 0 saturated carbocycles. The Balaban J connectivity index is 2.06. The number of amides is 1. The van der Waals surface area contributed by atoms with Gasteiger partial charge in [0.25, 0.3) is 0 Å². The van der Waals surface area contributed by atoms with Crippen LogP contribution in [0.15, 0.2) is 53.1 Å². The van der Waals surface area contributed by atoms with Crippen LogP contribution >= 0.6 is 0 Å². The van der Waals surface area contributed by atoms with Gasteiger partial charge in [0, 0.05) is 19.4 Å². The molecule has 1 unspecified atom stereocenters. The van der Waals surface area contributed by atoms with Gasteiger partial charge in [-0.25, -0.2) is 4.79 Å². The van der Waals surface area contributed by atoms with E-state index < -0.39 is 12.0 Å². The number of aryl methyl sites for hydroxylation is 1. The lowest BCUT2D eigenvalue weighted by atomic mass is 10.1. The number of nitrogens with zero attached hydrogens (tertiary/aromatic N) is 1. The van der Waals surface area contributed by atoms with Crippen molar-refractivity contribution in [1.29, 1.82) is 0 Å². The van der Waals surface area contributed by atoms with Crippen molar-refractivity contribution < 1.29 is 19.1 Å². The first-order chi connectivity index (χ1) is 10.6. The molecule has 0 saturated heterocycles. The van der Waals surface area contributed by atoms with Crippen LogP contribution in [0.3, 0.4) is 0 Å². The predicted molar refractivity (Wildman–Crippen MR) is 81.1 cm³/mol. The average molecular weight is 301 g/mol. The van der Waals surface area contributed by atoms with Crippen molar-refractivity contribution in [2.75, 3.05) is 0 Å². The molecule has 0 aliphatic heterocycles. The van der Waals surface area contributed by atoms with E-state index in [0.717, 1.165) is 11.3 Å². The van der Waals surface area contributed by atoms with Gasteiger partial charge >= 0.3 is 5.97 Å². The highest BCUT2D eigenvalue weighted by molar-refractivity contribution is 5.83. The summed E-state index contributed by atoms with van der Waals surface area (Å²) in [6.45, 7) is 1.81. The lowest BCUT2D eigenvalue weighted by Gasteiger charge is -2.26. The maximum absolute atomic E-state index is 12.4. The Kier molecular flexibility index (Phi) is 5.36. The second kappa shape index (κ2) is 7.45. The fourth-order valence-corrected chi connectivity index (χ4v) is 2.18. The molecule has 0 bridgehead atoms. The highest BCUT2D eigenvalue weighted by atomic mass is 16.4. The first-order valence-electron chi connectivity index (χ1n) is 7.16. The molecule has 0 aliphatic rings. The summed E-state index contributed by atoms with van der Waals surface area (Å²) >= 11 is 0. The molecule has 1 aromatic heterocycles. The first kappa shape index (κ1) is 15.8. The van der Waals surface area contributed by atoms with Gasteiger partial charge in [-0.3, -0.25) is 4.79 Å². The zero-order valence-corrected chi connectivity index (χ0v) is 12.4. The number of carboxylic acid groups (broad SMARTS) is 1. The summed E-state index contributed by atoms with van der Waals surface area (Å²) in [7, 11) is 0. The molecule has 5 nitrogen and oxygen atoms in total. The highest BCUT2D eigenvalue weighted by Gasteiger charge is 2.25. The highest BCUT2D eigenvalue weighted by Crippen LogP contribution is 2.13. The monoisotopic (exact) mass is 301 g/mol. The van der Waals surface area contributed by atoms with Crippen LogP contribution in [0.5, 0.6) is 0 Å². The van der Waals surface area contributed by atoms with E-state index in [0.29, 0.717) is 6.42 Å². The van der Waals surface area contributed by atoms with E-state index in [1.807, 2.05) is 30.3 Å². The van der Waals surface area contributed by atoms with Crippen LogP contribution in [0.25, 0.3) is 0 Å². The third-order valence-electron chi connectivity index (χ3n) is 3.51. The van der Waals surface area contributed by atoms with E-state index >= 15 is 0 Å². The smallest absolute Gasteiger partial charge is 0.326 e. The Morgan fingerprint density at radius 2 is 1.91 bits per heavy atom. The van der Waals surface area contributed by atoms with Gasteiger partial charge in [0.2, 0.25) is 5.91 Å². The van der Waals surface area contributed by atoms with Crippen LogP contribution in [-0.2, 0) is 22.6 Å². The third kappa shape index (κ3) is 4.22. The quantitative estimate of drug-likeness (QED) is 0.853. The molecular weight excluding hydrogens is 282 g/mol. The molecule has 1 aromatic carbocycles. The lowest BCUT2D eigenvalue weighted by Crippen LogP contribution is -2.42. The molecule has 116 valence electrons. The van der Waals surface area contributed by atoms with Crippen LogP contribution in [0.1, 0.15) is 24.7 Å². The zero-order chi connectivity index (χ0) is 15.9. The Bertz CT molecular complexity index is 607. The van der Waals surface area contributed by atoms with Crippen molar-refractivity contribution in [2.24, 2.45) is 0 Å². The summed E-state index contributed by atoms with van der Waals surface area (Å²) in [6.07, 6.45) is 2.24. The molecule has 5 heteroatoms. The molecule has 2 rings (SSSR count). The fraction of sp³-hybridized carbons (Fsp3) is 0.294. The lowest BCUT2D eigenvalue weighted by molar-refractivity contribution is -0.150. The van der Waals surface area contributed by atoms with E-state index in [9.17, 15) is 14.7 Å². The van der Waals surface area contributed by atoms with E-state index in [1.165, 1.54) is 11.8 Å². The Morgan fingerprint density at radius 1 is 1.18 bits per heavy atom. The van der Waals surface area contributed by atoms with Gasteiger partial charge in [-0.15, -0.1) is 0 Å². The number of benzene rings is 1. The van der Waals surface area contributed by atoms with Gasteiger partial charge in [-0.1, -0.05) is 30.3 Å². The number of furan rings is 1. The van der Waals surface area contributed by atoms with Crippen molar-refractivity contribution in [3.8, 4) is 0 Å². The molecule has 1 heterocycles. The van der Waals surface area contributed by atoms with Crippen LogP contribution in [0.2, 0.25) is 0 Å². The van der Waals surface area contributed by atoms with E-state index in [2.05, 4.69) is 0 Å². The average Bonchev–Trinajstić information content (AvgIpc) is 3.04. The van der Waals surface area contributed by atoms with Crippen molar-refractivity contribution in [3.05, 3.63) is 60.1 Å². The van der Waals surface area contributed by atoms with Crippen molar-refractivity contribution in [2.45, 2.75) is 32.4 Å². The summed E-state index contributed by atoms with van der Waals surface area (Å²) in [5, 5.41) is 9.22. The van der Waals surface area contributed by atoms with E-state index in [1.54, 1.807) is 18.4 Å². The summed E-state index contributed by atoms with van der Waals surface area (Å²) < 4.78 is 5.20. The molecule has 0 spiro atoms. The topological polar surface area (TPSA) is 70.8 Å². The minimum Gasteiger partial charge on any atom is -0.480 e. The predicted octanol–water partition coefficient (Wildman–Crippen LogP) is 2.71. The van der Waals surface area contributed by atoms with Crippen molar-refractivity contribution >= 4 is 11.9 Å². The molecular formula is C17H19NO4. The van der Waals surface area contributed by atoms with Crippen molar-refractivity contribution in [1.82, 2.24) is 4.90 Å². The van der Waals surface area contributed by atoms with Gasteiger partial charge < -0.3 is 14.4 Å². The van der Waals surface area contributed by atoms with Crippen molar-refractivity contribution in [3.63, 3.8) is 0 Å². The number of hydrogen-bond donors (Lipinski definition) is 1. The number of rotatable bonds is 7. The SMILES string of the molecule is CC(C(=O)O)N(Cc1ccccc1)C(=O)CCc1ccco1. The number of carboxylic acids is 1. The standard InChI is InChI=1S/C17H19NO4/c1-13(17(20)21)18(12-14-6-3-2-4-7-14)16(19)10-9-15-8-5-11-22-15/h2-8,11,13H,9-10,12H2,1H3,(H,20,21). The maximum Gasteiger partial charge on any atom is 0.326 e. The van der Waals surface area contributed by atoms with Crippen LogP contribution < -0.4 is 0 Å². The number of hydrogen-bond acceptors (Lipinski definition) is 3. The van der Waals surface area contributed by atoms with E-state index in [4.69, 9.17) is 4.42 Å². The van der Waals surface area contributed by atoms with Gasteiger partial charge in [-0.05, 0) is 24.6 Å². The molecule has 0 aliphatic carbocycles. The second-order valence-corrected chi connectivity index (χ2v) is 5.10. The second-order valence-electron chi connectivity index (χ2n) is 5.10. The fourth-order valence-electron chi connectivity index (χ4n) is 2.18. The molecule has 1 N–H and O–H groups in total. The molecule has 1 amide bonds. The number of carbonyl (C=O) groups is 2. The molecule has 0 fully saturated rings. The molecule has 1 atom stereocenters. The maximum atomic E-state index is 12.4. The largest absolute Gasteiger partial charge is 0.480 e. The summed E-state index contributed by atoms with van der Waals surface area (Å²) in [5.41, 5.74) is 0.905. The molecule has 2 aromatic rings. The minimum atomic E-state index is -1.01. The normalized spacial score (nSPS) is 11.9. The van der Waals surface area contributed by atoms with Crippen LogP contribution in [-0.4, -0.2) is 27.9 Å². The Labute approximate surface area is 129 Å². The zero-order valence-electron chi connectivity index (χ0n) is 12.4. The summed E-state index contributed by atoms with van der Waals surface area (Å²) in [6, 6.07) is 12.1. The van der Waals surface area contributed by atoms with E-state index in [-0.39, 0.29) is 18.9 Å². The number of aliphatic carboxylic acids is 1. The Morgan fingerprint density at radius 3 is 2.50 bits per heavy atom. The van der Waals surface area contributed by atoms with Gasteiger partial charge in [0.05, 0.1) is 6.26 Å². The minimum absolute atomic E-state index is 0.199. The summed E-state index contributed by atoms with van der Waals surface area (Å²) in [5.74, 6) is -0.492.